The first-order valence-electron chi connectivity index (χ1n) is 6.42. The summed E-state index contributed by atoms with van der Waals surface area (Å²) in [5.74, 6) is 0. The Morgan fingerprint density at radius 2 is 2.24 bits per heavy atom. The Morgan fingerprint density at radius 1 is 1.48 bits per heavy atom. The number of thiophene rings is 2. The van der Waals surface area contributed by atoms with Gasteiger partial charge in [0.2, 0.25) is 10.0 Å². The molecule has 0 aliphatic rings. The lowest BCUT2D eigenvalue weighted by atomic mass is 10.1. The SMILES string of the molecule is CCCC(NS(=O)(=O)c1cc(CO)sc1Br)c1cccs1. The molecule has 0 saturated heterocycles. The maximum absolute atomic E-state index is 12.6. The highest BCUT2D eigenvalue weighted by Crippen LogP contribution is 2.33. The molecule has 0 spiro atoms. The summed E-state index contributed by atoms with van der Waals surface area (Å²) in [5, 5.41) is 11.1. The molecule has 1 atom stereocenters. The van der Waals surface area contributed by atoms with Gasteiger partial charge in [0, 0.05) is 9.75 Å². The Hall–Kier alpha value is -0.250. The Bertz CT molecular complexity index is 680. The second-order valence-electron chi connectivity index (χ2n) is 4.49. The van der Waals surface area contributed by atoms with Crippen molar-refractivity contribution < 1.29 is 13.5 Å². The lowest BCUT2D eigenvalue weighted by Gasteiger charge is -2.16. The molecule has 21 heavy (non-hydrogen) atoms. The molecule has 0 aliphatic carbocycles. The van der Waals surface area contributed by atoms with E-state index in [1.165, 1.54) is 17.4 Å². The van der Waals surface area contributed by atoms with Crippen LogP contribution in [0.1, 0.15) is 35.6 Å². The van der Waals surface area contributed by atoms with Crippen molar-refractivity contribution in [1.29, 1.82) is 0 Å². The molecule has 0 saturated carbocycles. The van der Waals surface area contributed by atoms with Gasteiger partial charge in [-0.2, -0.15) is 0 Å². The predicted octanol–water partition coefficient (Wildman–Crippen LogP) is 3.88. The fraction of sp³-hybridized carbons (Fsp3) is 0.385. The number of hydrogen-bond acceptors (Lipinski definition) is 5. The number of rotatable bonds is 7. The summed E-state index contributed by atoms with van der Waals surface area (Å²) in [4.78, 5) is 1.81. The standard InChI is InChI=1S/C13H16BrNO3S3/c1-2-4-10(11-5-3-6-19-11)15-21(17,18)12-7-9(8-16)20-13(12)14/h3,5-7,10,15-16H,2,4,8H2,1H3. The Kier molecular flexibility index (Phi) is 5.98. The minimum Gasteiger partial charge on any atom is -0.391 e. The van der Waals surface area contributed by atoms with Gasteiger partial charge in [-0.15, -0.1) is 22.7 Å². The average Bonchev–Trinajstić information content (AvgIpc) is 3.07. The maximum Gasteiger partial charge on any atom is 0.243 e. The summed E-state index contributed by atoms with van der Waals surface area (Å²) in [5.41, 5.74) is 0. The third-order valence-corrected chi connectivity index (χ3v) is 7.61. The van der Waals surface area contributed by atoms with Crippen molar-refractivity contribution in [2.24, 2.45) is 0 Å². The number of aliphatic hydroxyl groups is 1. The summed E-state index contributed by atoms with van der Waals surface area (Å²) < 4.78 is 28.4. The second kappa shape index (κ2) is 7.34. The fourth-order valence-electron chi connectivity index (χ4n) is 1.95. The summed E-state index contributed by atoms with van der Waals surface area (Å²) in [7, 11) is -3.62. The van der Waals surface area contributed by atoms with Crippen molar-refractivity contribution in [2.45, 2.75) is 37.3 Å². The van der Waals surface area contributed by atoms with Crippen LogP contribution in [0.2, 0.25) is 0 Å². The van der Waals surface area contributed by atoms with Gasteiger partial charge < -0.3 is 5.11 Å². The van der Waals surface area contributed by atoms with Gasteiger partial charge in [0.05, 0.1) is 16.4 Å². The molecular weight excluding hydrogens is 394 g/mol. The zero-order valence-corrected chi connectivity index (χ0v) is 15.4. The molecule has 2 rings (SSSR count). The fourth-order valence-corrected chi connectivity index (χ4v) is 6.63. The molecule has 0 radical (unpaired) electrons. The van der Waals surface area contributed by atoms with Crippen molar-refractivity contribution in [2.75, 3.05) is 0 Å². The summed E-state index contributed by atoms with van der Waals surface area (Å²) in [6.07, 6.45) is 1.63. The van der Waals surface area contributed by atoms with Crippen LogP contribution in [-0.4, -0.2) is 13.5 Å². The molecule has 116 valence electrons. The van der Waals surface area contributed by atoms with Gasteiger partial charge in [-0.1, -0.05) is 19.4 Å². The highest BCUT2D eigenvalue weighted by Gasteiger charge is 2.25. The van der Waals surface area contributed by atoms with E-state index >= 15 is 0 Å². The molecule has 0 fully saturated rings. The van der Waals surface area contributed by atoms with E-state index in [-0.39, 0.29) is 17.5 Å². The van der Waals surface area contributed by atoms with Crippen molar-refractivity contribution in [3.05, 3.63) is 37.1 Å². The first-order valence-corrected chi connectivity index (χ1v) is 10.4. The normalized spacial score (nSPS) is 13.5. The lowest BCUT2D eigenvalue weighted by molar-refractivity contribution is 0.285. The summed E-state index contributed by atoms with van der Waals surface area (Å²) in [6.45, 7) is 1.86. The highest BCUT2D eigenvalue weighted by molar-refractivity contribution is 9.11. The molecule has 0 bridgehead atoms. The number of halogens is 1. The Balaban J connectivity index is 2.28. The molecule has 1 unspecified atom stereocenters. The van der Waals surface area contributed by atoms with Crippen molar-refractivity contribution in [3.8, 4) is 0 Å². The number of nitrogens with one attached hydrogen (secondary N) is 1. The predicted molar refractivity (Wildman–Crippen MR) is 90.2 cm³/mol. The summed E-state index contributed by atoms with van der Waals surface area (Å²) >= 11 is 6.04. The van der Waals surface area contributed by atoms with Crippen LogP contribution in [0.4, 0.5) is 0 Å². The molecule has 2 aromatic rings. The van der Waals surface area contributed by atoms with Gasteiger partial charge in [-0.25, -0.2) is 13.1 Å². The zero-order valence-electron chi connectivity index (χ0n) is 11.4. The van der Waals surface area contributed by atoms with E-state index in [4.69, 9.17) is 5.11 Å². The topological polar surface area (TPSA) is 66.4 Å². The third kappa shape index (κ3) is 4.14. The average molecular weight is 410 g/mol. The van der Waals surface area contributed by atoms with Crippen LogP contribution in [0, 0.1) is 0 Å². The summed E-state index contributed by atoms with van der Waals surface area (Å²) in [6, 6.07) is 5.15. The van der Waals surface area contributed by atoms with E-state index in [9.17, 15) is 8.42 Å². The molecule has 0 amide bonds. The molecule has 2 heterocycles. The molecule has 4 nitrogen and oxygen atoms in total. The third-order valence-electron chi connectivity index (χ3n) is 2.91. The first kappa shape index (κ1) is 17.1. The van der Waals surface area contributed by atoms with E-state index < -0.39 is 10.0 Å². The maximum atomic E-state index is 12.6. The number of aliphatic hydroxyl groups excluding tert-OH is 1. The molecular formula is C13H16BrNO3S3. The minimum absolute atomic E-state index is 0.165. The van der Waals surface area contributed by atoms with Crippen molar-refractivity contribution in [1.82, 2.24) is 4.72 Å². The van der Waals surface area contributed by atoms with Crippen LogP contribution in [0.5, 0.6) is 0 Å². The van der Waals surface area contributed by atoms with Gasteiger partial charge >= 0.3 is 0 Å². The van der Waals surface area contributed by atoms with Crippen LogP contribution in [0.3, 0.4) is 0 Å². The van der Waals surface area contributed by atoms with Gasteiger partial charge in [-0.3, -0.25) is 0 Å². The second-order valence-corrected chi connectivity index (χ2v) is 9.60. The molecule has 2 aromatic heterocycles. The largest absolute Gasteiger partial charge is 0.391 e. The number of sulfonamides is 1. The van der Waals surface area contributed by atoms with E-state index in [0.29, 0.717) is 8.66 Å². The van der Waals surface area contributed by atoms with Crippen LogP contribution < -0.4 is 4.72 Å². The van der Waals surface area contributed by atoms with Crippen molar-refractivity contribution in [3.63, 3.8) is 0 Å². The van der Waals surface area contributed by atoms with Crippen LogP contribution in [0.25, 0.3) is 0 Å². The number of hydrogen-bond donors (Lipinski definition) is 2. The Labute approximate surface area is 141 Å². The molecule has 0 aromatic carbocycles. The van der Waals surface area contributed by atoms with Gasteiger partial charge in [-0.05, 0) is 39.9 Å². The van der Waals surface area contributed by atoms with Gasteiger partial charge in [0.15, 0.2) is 0 Å². The van der Waals surface area contributed by atoms with E-state index in [1.54, 1.807) is 11.3 Å². The Morgan fingerprint density at radius 3 is 2.76 bits per heavy atom. The molecule has 2 N–H and O–H groups in total. The van der Waals surface area contributed by atoms with Crippen LogP contribution in [0.15, 0.2) is 32.3 Å². The quantitative estimate of drug-likeness (QED) is 0.728. The van der Waals surface area contributed by atoms with Gasteiger partial charge in [0.25, 0.3) is 0 Å². The first-order chi connectivity index (χ1) is 9.97. The van der Waals surface area contributed by atoms with E-state index in [0.717, 1.165) is 17.7 Å². The lowest BCUT2D eigenvalue weighted by Crippen LogP contribution is -2.28. The van der Waals surface area contributed by atoms with Crippen LogP contribution >= 0.6 is 38.6 Å². The van der Waals surface area contributed by atoms with Crippen molar-refractivity contribution >= 4 is 48.6 Å². The van der Waals surface area contributed by atoms with E-state index in [1.807, 2.05) is 24.4 Å². The zero-order chi connectivity index (χ0) is 15.5. The van der Waals surface area contributed by atoms with Crippen LogP contribution in [-0.2, 0) is 16.6 Å². The smallest absolute Gasteiger partial charge is 0.243 e. The van der Waals surface area contributed by atoms with E-state index in [2.05, 4.69) is 20.7 Å². The monoisotopic (exact) mass is 409 g/mol. The molecule has 0 aliphatic heterocycles. The molecule has 8 heteroatoms. The minimum atomic E-state index is -3.62. The highest BCUT2D eigenvalue weighted by atomic mass is 79.9. The van der Waals surface area contributed by atoms with Gasteiger partial charge in [0.1, 0.15) is 4.90 Å².